The minimum absolute atomic E-state index is 0.0137. The number of hydrogen-bond acceptors (Lipinski definition) is 4. The summed E-state index contributed by atoms with van der Waals surface area (Å²) < 4.78 is 0. The van der Waals surface area contributed by atoms with Crippen molar-refractivity contribution in [2.75, 3.05) is 13.1 Å². The second kappa shape index (κ2) is 12.3. The third-order valence-corrected chi connectivity index (χ3v) is 8.11. The Bertz CT molecular complexity index is 994. The maximum atomic E-state index is 13.3. The monoisotopic (exact) mass is 488 g/mol. The van der Waals surface area contributed by atoms with Crippen molar-refractivity contribution in [2.45, 2.75) is 83.3 Å². The number of piperidine rings is 1. The van der Waals surface area contributed by atoms with Crippen LogP contribution in [0.3, 0.4) is 0 Å². The molecule has 192 valence electrons. The minimum atomic E-state index is -0.0137. The molecule has 1 amide bonds. The van der Waals surface area contributed by atoms with Gasteiger partial charge in [0.1, 0.15) is 11.6 Å². The van der Waals surface area contributed by atoms with Crippen molar-refractivity contribution >= 4 is 5.91 Å². The molecule has 2 aliphatic rings. The second-order valence-electron chi connectivity index (χ2n) is 10.6. The summed E-state index contributed by atoms with van der Waals surface area (Å²) in [4.78, 5) is 32.7. The smallest absolute Gasteiger partial charge is 0.254 e. The molecule has 7 nitrogen and oxygen atoms in total. The third kappa shape index (κ3) is 6.64. The lowest BCUT2D eigenvalue weighted by Gasteiger charge is -2.37. The van der Waals surface area contributed by atoms with E-state index in [9.17, 15) is 4.79 Å². The van der Waals surface area contributed by atoms with Crippen molar-refractivity contribution in [3.05, 3.63) is 71.8 Å². The topological polar surface area (TPSA) is 80.9 Å². The molecule has 2 aromatic heterocycles. The summed E-state index contributed by atoms with van der Waals surface area (Å²) in [5, 5.41) is 0. The van der Waals surface area contributed by atoms with Crippen LogP contribution in [0.2, 0.25) is 0 Å². The number of H-pyrrole nitrogens is 2. The van der Waals surface area contributed by atoms with Crippen molar-refractivity contribution in [3.8, 4) is 0 Å². The molecule has 1 saturated heterocycles. The quantitative estimate of drug-likeness (QED) is 0.398. The highest BCUT2D eigenvalue weighted by molar-refractivity contribution is 5.94. The molecule has 2 fully saturated rings. The van der Waals surface area contributed by atoms with E-state index in [0.29, 0.717) is 18.7 Å². The van der Waals surface area contributed by atoms with E-state index >= 15 is 0 Å². The number of hydrogen-bond donors (Lipinski definition) is 2. The number of likely N-dealkylation sites (tertiary alicyclic amines) is 1. The fraction of sp³-hybridized carbons (Fsp3) is 0.552. The zero-order valence-electron chi connectivity index (χ0n) is 21.4. The van der Waals surface area contributed by atoms with Crippen LogP contribution in [-0.2, 0) is 19.5 Å². The van der Waals surface area contributed by atoms with Gasteiger partial charge < -0.3 is 19.8 Å². The maximum absolute atomic E-state index is 13.3. The Balaban J connectivity index is 1.12. The highest BCUT2D eigenvalue weighted by atomic mass is 16.2. The number of aryl methyl sites for hydroxylation is 1. The molecule has 1 aromatic carbocycles. The fourth-order valence-electron chi connectivity index (χ4n) is 5.93. The fourth-order valence-corrected chi connectivity index (χ4v) is 5.93. The predicted octanol–water partition coefficient (Wildman–Crippen LogP) is 5.34. The molecule has 3 heterocycles. The number of rotatable bonds is 9. The summed E-state index contributed by atoms with van der Waals surface area (Å²) in [6, 6.07) is 9.06. The molecule has 36 heavy (non-hydrogen) atoms. The Labute approximate surface area is 214 Å². The van der Waals surface area contributed by atoms with Crippen molar-refractivity contribution in [3.63, 3.8) is 0 Å². The first-order valence-electron chi connectivity index (χ1n) is 13.8. The molecule has 1 saturated carbocycles. The molecule has 0 bridgehead atoms. The Morgan fingerprint density at radius 2 is 1.47 bits per heavy atom. The summed E-state index contributed by atoms with van der Waals surface area (Å²) in [6.07, 6.45) is 20.5. The number of carbonyl (C=O) groups excluding carboxylic acids is 1. The number of benzene rings is 1. The zero-order chi connectivity index (χ0) is 24.6. The van der Waals surface area contributed by atoms with Gasteiger partial charge in [0.05, 0.1) is 13.1 Å². The van der Waals surface area contributed by atoms with Crippen LogP contribution in [0.5, 0.6) is 0 Å². The first-order chi connectivity index (χ1) is 17.7. The average molecular weight is 489 g/mol. The summed E-state index contributed by atoms with van der Waals surface area (Å²) in [5.41, 5.74) is 2.02. The molecule has 3 aromatic rings. The van der Waals surface area contributed by atoms with Gasteiger partial charge in [0, 0.05) is 36.4 Å². The molecule has 5 rings (SSSR count). The highest BCUT2D eigenvalue weighted by Crippen LogP contribution is 2.28. The maximum Gasteiger partial charge on any atom is 0.254 e. The Hall–Kier alpha value is -2.93. The summed E-state index contributed by atoms with van der Waals surface area (Å²) in [7, 11) is 0. The first kappa shape index (κ1) is 24.8. The van der Waals surface area contributed by atoms with E-state index in [4.69, 9.17) is 0 Å². The molecule has 0 unspecified atom stereocenters. The lowest BCUT2D eigenvalue weighted by Crippen LogP contribution is -2.41. The number of aromatic nitrogens is 4. The van der Waals surface area contributed by atoms with E-state index in [2.05, 4.69) is 37.0 Å². The molecular formula is C29H40N6O. The van der Waals surface area contributed by atoms with Crippen LogP contribution in [0, 0.1) is 5.92 Å². The molecule has 0 spiro atoms. The Morgan fingerprint density at radius 1 is 0.861 bits per heavy atom. The van der Waals surface area contributed by atoms with Crippen LogP contribution in [0.25, 0.3) is 0 Å². The Kier molecular flexibility index (Phi) is 8.49. The van der Waals surface area contributed by atoms with E-state index in [-0.39, 0.29) is 5.91 Å². The summed E-state index contributed by atoms with van der Waals surface area (Å²) in [6.45, 7) is 3.38. The molecule has 7 heteroatoms. The molecule has 0 atom stereocenters. The molecule has 2 N–H and O–H groups in total. The largest absolute Gasteiger partial charge is 0.347 e. The van der Waals surface area contributed by atoms with Gasteiger partial charge in [0.2, 0.25) is 0 Å². The normalized spacial score (nSPS) is 18.2. The lowest BCUT2D eigenvalue weighted by atomic mass is 9.89. The van der Waals surface area contributed by atoms with Crippen LogP contribution < -0.4 is 0 Å². The number of aromatic amines is 2. The van der Waals surface area contributed by atoms with E-state index < -0.39 is 0 Å². The molecule has 1 aliphatic heterocycles. The number of amides is 1. The van der Waals surface area contributed by atoms with E-state index in [1.54, 1.807) is 29.7 Å². The van der Waals surface area contributed by atoms with Crippen LogP contribution in [0.15, 0.2) is 49.1 Å². The van der Waals surface area contributed by atoms with E-state index in [1.165, 1.54) is 76.4 Å². The van der Waals surface area contributed by atoms with Gasteiger partial charge in [-0.2, -0.15) is 0 Å². The number of carbonyl (C=O) groups is 1. The number of nitrogens with zero attached hydrogens (tertiary/aromatic N) is 4. The Morgan fingerprint density at radius 3 is 2.03 bits per heavy atom. The lowest BCUT2D eigenvalue weighted by molar-refractivity contribution is 0.0721. The van der Waals surface area contributed by atoms with Crippen molar-refractivity contribution in [1.29, 1.82) is 0 Å². The van der Waals surface area contributed by atoms with Crippen molar-refractivity contribution in [2.24, 2.45) is 5.92 Å². The van der Waals surface area contributed by atoms with Gasteiger partial charge in [0.25, 0.3) is 5.91 Å². The van der Waals surface area contributed by atoms with Crippen molar-refractivity contribution < 1.29 is 4.79 Å². The van der Waals surface area contributed by atoms with Gasteiger partial charge in [-0.3, -0.25) is 4.79 Å². The van der Waals surface area contributed by atoms with E-state index in [0.717, 1.165) is 30.0 Å². The number of imidazole rings is 2. The van der Waals surface area contributed by atoms with Crippen LogP contribution in [-0.4, -0.2) is 54.8 Å². The SMILES string of the molecule is O=C(c1ccc(CCC2CCN(C3CCCCCC3)CC2)cc1)N(Cc1ncc[nH]1)Cc1ncc[nH]1. The molecule has 1 aliphatic carbocycles. The van der Waals surface area contributed by atoms with Gasteiger partial charge in [-0.15, -0.1) is 0 Å². The van der Waals surface area contributed by atoms with Gasteiger partial charge in [0.15, 0.2) is 0 Å². The van der Waals surface area contributed by atoms with Gasteiger partial charge in [-0.1, -0.05) is 37.8 Å². The third-order valence-electron chi connectivity index (χ3n) is 8.11. The van der Waals surface area contributed by atoms with E-state index in [1.807, 2.05) is 12.1 Å². The van der Waals surface area contributed by atoms with Gasteiger partial charge in [-0.25, -0.2) is 9.97 Å². The average Bonchev–Trinajstić information content (AvgIpc) is 3.56. The van der Waals surface area contributed by atoms with Crippen LogP contribution in [0.4, 0.5) is 0 Å². The second-order valence-corrected chi connectivity index (χ2v) is 10.6. The molecular weight excluding hydrogens is 448 g/mol. The standard InChI is InChI=1S/C29H40N6O/c36-29(35(21-27-30-15-16-31-27)22-28-32-17-18-33-28)25-11-9-23(10-12-25)7-8-24-13-19-34(20-14-24)26-5-3-1-2-4-6-26/h9-12,15-18,24,26H,1-8,13-14,19-22H2,(H,30,31)(H,32,33). The summed E-state index contributed by atoms with van der Waals surface area (Å²) >= 11 is 0. The highest BCUT2D eigenvalue weighted by Gasteiger charge is 2.25. The minimum Gasteiger partial charge on any atom is -0.347 e. The summed E-state index contributed by atoms with van der Waals surface area (Å²) in [5.74, 6) is 2.33. The van der Waals surface area contributed by atoms with Gasteiger partial charge in [-0.05, 0) is 75.2 Å². The molecule has 0 radical (unpaired) electrons. The van der Waals surface area contributed by atoms with Crippen molar-refractivity contribution in [1.82, 2.24) is 29.7 Å². The number of nitrogens with one attached hydrogen (secondary N) is 2. The van der Waals surface area contributed by atoms with Crippen LogP contribution >= 0.6 is 0 Å². The van der Waals surface area contributed by atoms with Crippen LogP contribution in [0.1, 0.15) is 85.4 Å². The zero-order valence-corrected chi connectivity index (χ0v) is 21.4. The predicted molar refractivity (Wildman–Crippen MR) is 141 cm³/mol. The first-order valence-corrected chi connectivity index (χ1v) is 13.8. The van der Waals surface area contributed by atoms with Gasteiger partial charge >= 0.3 is 0 Å².